The van der Waals surface area contributed by atoms with E-state index < -0.39 is 0 Å². The zero-order valence-corrected chi connectivity index (χ0v) is 17.6. The maximum atomic E-state index is 13.3. The van der Waals surface area contributed by atoms with Gasteiger partial charge in [-0.1, -0.05) is 6.07 Å². The second kappa shape index (κ2) is 9.71. The lowest BCUT2D eigenvalue weighted by Gasteiger charge is -2.36. The highest BCUT2D eigenvalue weighted by Gasteiger charge is 2.19. The Morgan fingerprint density at radius 3 is 2.39 bits per heavy atom. The van der Waals surface area contributed by atoms with E-state index in [2.05, 4.69) is 20.9 Å². The van der Waals surface area contributed by atoms with Crippen LogP contribution in [-0.4, -0.2) is 48.6 Å². The number of piperazine rings is 1. The van der Waals surface area contributed by atoms with E-state index in [1.54, 1.807) is 25.3 Å². The number of anilines is 1. The van der Waals surface area contributed by atoms with Gasteiger partial charge in [0.1, 0.15) is 5.82 Å². The molecule has 0 radical (unpaired) electrons. The van der Waals surface area contributed by atoms with Crippen LogP contribution in [0.4, 0.5) is 10.1 Å². The summed E-state index contributed by atoms with van der Waals surface area (Å²) in [6.45, 7) is 6.66. The molecule has 0 unspecified atom stereocenters. The van der Waals surface area contributed by atoms with Gasteiger partial charge in [-0.2, -0.15) is 0 Å². The van der Waals surface area contributed by atoms with Crippen LogP contribution in [0.1, 0.15) is 22.8 Å². The van der Waals surface area contributed by atoms with Gasteiger partial charge in [-0.3, -0.25) is 9.88 Å². The fourth-order valence-corrected chi connectivity index (χ4v) is 3.86. The Morgan fingerprint density at radius 2 is 1.71 bits per heavy atom. The fourth-order valence-electron chi connectivity index (χ4n) is 3.86. The second-order valence-corrected chi connectivity index (χ2v) is 7.55. The van der Waals surface area contributed by atoms with Crippen LogP contribution in [0.25, 0.3) is 11.3 Å². The summed E-state index contributed by atoms with van der Waals surface area (Å²) in [5.41, 5.74) is 4.66. The first kappa shape index (κ1) is 21.0. The average Bonchev–Trinajstić information content (AvgIpc) is 2.81. The minimum absolute atomic E-state index is 0.243. The summed E-state index contributed by atoms with van der Waals surface area (Å²) in [7, 11) is 0. The highest BCUT2D eigenvalue weighted by atomic mass is 19.1. The molecule has 2 aromatic carbocycles. The molecule has 31 heavy (non-hydrogen) atoms. The first-order valence-corrected chi connectivity index (χ1v) is 10.6. The second-order valence-electron chi connectivity index (χ2n) is 7.55. The molecule has 0 amide bonds. The maximum Gasteiger partial charge on any atom is 0.338 e. The number of carbonyl (C=O) groups excluding carboxylic acids is 1. The third-order valence-corrected chi connectivity index (χ3v) is 5.52. The fraction of sp³-hybridized carbons (Fsp3) is 0.280. The third-order valence-electron chi connectivity index (χ3n) is 5.52. The van der Waals surface area contributed by atoms with E-state index in [1.807, 2.05) is 30.3 Å². The number of aromatic nitrogens is 1. The largest absolute Gasteiger partial charge is 0.462 e. The average molecular weight is 420 g/mol. The van der Waals surface area contributed by atoms with Gasteiger partial charge in [0.05, 0.1) is 17.9 Å². The number of rotatable bonds is 6. The van der Waals surface area contributed by atoms with Gasteiger partial charge in [-0.25, -0.2) is 9.18 Å². The van der Waals surface area contributed by atoms with Crippen molar-refractivity contribution in [2.45, 2.75) is 13.5 Å². The van der Waals surface area contributed by atoms with Crippen LogP contribution in [0.5, 0.6) is 0 Å². The van der Waals surface area contributed by atoms with Crippen LogP contribution < -0.4 is 4.90 Å². The molecule has 2 heterocycles. The number of nitrogens with zero attached hydrogens (tertiary/aromatic N) is 3. The van der Waals surface area contributed by atoms with Crippen LogP contribution in [0.2, 0.25) is 0 Å². The molecule has 6 heteroatoms. The molecule has 0 N–H and O–H groups in total. The summed E-state index contributed by atoms with van der Waals surface area (Å²) < 4.78 is 18.3. The van der Waals surface area contributed by atoms with Crippen molar-refractivity contribution in [2.75, 3.05) is 37.7 Å². The maximum absolute atomic E-state index is 13.3. The molecule has 1 aromatic heterocycles. The smallest absolute Gasteiger partial charge is 0.338 e. The highest BCUT2D eigenvalue weighted by molar-refractivity contribution is 5.89. The van der Waals surface area contributed by atoms with Gasteiger partial charge in [0.15, 0.2) is 0 Å². The molecule has 4 rings (SSSR count). The lowest BCUT2D eigenvalue weighted by Crippen LogP contribution is -2.46. The lowest BCUT2D eigenvalue weighted by atomic mass is 10.0. The van der Waals surface area contributed by atoms with Gasteiger partial charge in [-0.15, -0.1) is 0 Å². The SMILES string of the molecule is CCOC(=O)c1ccc(N2CCN(Cc3cccnc3-c3ccc(F)cc3)CC2)cc1. The zero-order chi connectivity index (χ0) is 21.6. The molecule has 0 atom stereocenters. The van der Waals surface area contributed by atoms with E-state index in [4.69, 9.17) is 4.74 Å². The van der Waals surface area contributed by atoms with Crippen LogP contribution in [0, 0.1) is 5.82 Å². The summed E-state index contributed by atoms with van der Waals surface area (Å²) in [4.78, 5) is 21.1. The molecule has 1 aliphatic heterocycles. The minimum Gasteiger partial charge on any atom is -0.462 e. The zero-order valence-electron chi connectivity index (χ0n) is 17.6. The standard InChI is InChI=1S/C25H26FN3O2/c1-2-31-25(30)20-7-11-23(12-8-20)29-16-14-28(15-17-29)18-21-4-3-13-27-24(21)19-5-9-22(26)10-6-19/h3-13H,2,14-18H2,1H3. The number of esters is 1. The van der Waals surface area contributed by atoms with E-state index in [9.17, 15) is 9.18 Å². The molecule has 0 bridgehead atoms. The molecule has 1 aliphatic rings. The molecule has 1 saturated heterocycles. The van der Waals surface area contributed by atoms with Crippen molar-refractivity contribution in [1.82, 2.24) is 9.88 Å². The third kappa shape index (κ3) is 5.09. The van der Waals surface area contributed by atoms with E-state index in [0.29, 0.717) is 12.2 Å². The Hall–Kier alpha value is -3.25. The van der Waals surface area contributed by atoms with Crippen molar-refractivity contribution >= 4 is 11.7 Å². The van der Waals surface area contributed by atoms with Crippen molar-refractivity contribution in [3.05, 3.63) is 83.8 Å². The predicted octanol–water partition coefficient (Wildman–Crippen LogP) is 4.39. The van der Waals surface area contributed by atoms with Crippen molar-refractivity contribution in [3.8, 4) is 11.3 Å². The van der Waals surface area contributed by atoms with Crippen molar-refractivity contribution in [3.63, 3.8) is 0 Å². The molecular formula is C25H26FN3O2. The molecule has 0 saturated carbocycles. The molecular weight excluding hydrogens is 393 g/mol. The summed E-state index contributed by atoms with van der Waals surface area (Å²) in [5.74, 6) is -0.528. The van der Waals surface area contributed by atoms with E-state index in [0.717, 1.165) is 55.2 Å². The summed E-state index contributed by atoms with van der Waals surface area (Å²) in [6.07, 6.45) is 1.78. The van der Waals surface area contributed by atoms with Gasteiger partial charge < -0.3 is 9.64 Å². The normalized spacial score (nSPS) is 14.5. The van der Waals surface area contributed by atoms with Crippen LogP contribution in [0.3, 0.4) is 0 Å². The molecule has 3 aromatic rings. The van der Waals surface area contributed by atoms with Crippen molar-refractivity contribution < 1.29 is 13.9 Å². The number of pyridine rings is 1. The number of hydrogen-bond donors (Lipinski definition) is 0. The van der Waals surface area contributed by atoms with Gasteiger partial charge in [-0.05, 0) is 67.1 Å². The first-order valence-electron chi connectivity index (χ1n) is 10.6. The minimum atomic E-state index is -0.285. The van der Waals surface area contributed by atoms with Crippen LogP contribution in [-0.2, 0) is 11.3 Å². The van der Waals surface area contributed by atoms with Crippen LogP contribution in [0.15, 0.2) is 66.9 Å². The van der Waals surface area contributed by atoms with Gasteiger partial charge in [0.25, 0.3) is 0 Å². The monoisotopic (exact) mass is 419 g/mol. The van der Waals surface area contributed by atoms with E-state index >= 15 is 0 Å². The quantitative estimate of drug-likeness (QED) is 0.555. The topological polar surface area (TPSA) is 45.7 Å². The Labute approximate surface area is 182 Å². The number of halogens is 1. The summed E-state index contributed by atoms with van der Waals surface area (Å²) in [5, 5.41) is 0. The predicted molar refractivity (Wildman–Crippen MR) is 120 cm³/mol. The molecule has 0 spiro atoms. The first-order chi connectivity index (χ1) is 15.1. The number of hydrogen-bond acceptors (Lipinski definition) is 5. The number of benzene rings is 2. The van der Waals surface area contributed by atoms with E-state index in [1.165, 1.54) is 12.1 Å². The summed E-state index contributed by atoms with van der Waals surface area (Å²) in [6, 6.07) is 18.1. The van der Waals surface area contributed by atoms with Gasteiger partial charge in [0.2, 0.25) is 0 Å². The molecule has 160 valence electrons. The Morgan fingerprint density at radius 1 is 1.00 bits per heavy atom. The number of carbonyl (C=O) groups is 1. The molecule has 1 fully saturated rings. The van der Waals surface area contributed by atoms with Crippen LogP contribution >= 0.6 is 0 Å². The summed E-state index contributed by atoms with van der Waals surface area (Å²) >= 11 is 0. The Kier molecular flexibility index (Phi) is 6.57. The van der Waals surface area contributed by atoms with E-state index in [-0.39, 0.29) is 11.8 Å². The van der Waals surface area contributed by atoms with Crippen molar-refractivity contribution in [2.24, 2.45) is 0 Å². The number of ether oxygens (including phenoxy) is 1. The lowest BCUT2D eigenvalue weighted by molar-refractivity contribution is 0.0526. The van der Waals surface area contributed by atoms with Gasteiger partial charge >= 0.3 is 5.97 Å². The van der Waals surface area contributed by atoms with Crippen molar-refractivity contribution in [1.29, 1.82) is 0 Å². The Bertz CT molecular complexity index is 1010. The molecule has 0 aliphatic carbocycles. The highest BCUT2D eigenvalue weighted by Crippen LogP contribution is 2.24. The Balaban J connectivity index is 1.38. The molecule has 5 nitrogen and oxygen atoms in total. The van der Waals surface area contributed by atoms with Gasteiger partial charge in [0, 0.05) is 50.2 Å².